The Morgan fingerprint density at radius 3 is 2.67 bits per heavy atom. The molecular weight excluding hydrogens is 373 g/mol. The SMILES string of the molecule is C=C(C)/C(C)=C/c1cn(Cc2ccc(Cl)c(C(F)(F)F)c2)c2ncccc12. The minimum atomic E-state index is -4.49. The van der Waals surface area contributed by atoms with E-state index in [4.69, 9.17) is 11.6 Å². The molecule has 0 aliphatic carbocycles. The van der Waals surface area contributed by atoms with Crippen LogP contribution in [-0.4, -0.2) is 9.55 Å². The molecule has 0 aliphatic rings. The highest BCUT2D eigenvalue weighted by Gasteiger charge is 2.33. The average Bonchev–Trinajstić information content (AvgIpc) is 2.93. The second kappa shape index (κ2) is 7.24. The van der Waals surface area contributed by atoms with Gasteiger partial charge < -0.3 is 4.57 Å². The van der Waals surface area contributed by atoms with Crippen molar-refractivity contribution >= 4 is 28.7 Å². The highest BCUT2D eigenvalue weighted by molar-refractivity contribution is 6.31. The fourth-order valence-corrected chi connectivity index (χ4v) is 3.05. The maximum absolute atomic E-state index is 13.1. The summed E-state index contributed by atoms with van der Waals surface area (Å²) < 4.78 is 41.2. The maximum atomic E-state index is 13.1. The van der Waals surface area contributed by atoms with E-state index in [0.29, 0.717) is 11.2 Å². The molecule has 140 valence electrons. The van der Waals surface area contributed by atoms with Gasteiger partial charge in [-0.15, -0.1) is 0 Å². The van der Waals surface area contributed by atoms with E-state index in [1.807, 2.05) is 42.8 Å². The van der Waals surface area contributed by atoms with Crippen LogP contribution in [0, 0.1) is 0 Å². The Morgan fingerprint density at radius 2 is 2.00 bits per heavy atom. The van der Waals surface area contributed by atoms with E-state index < -0.39 is 11.7 Å². The van der Waals surface area contributed by atoms with Gasteiger partial charge in [-0.05, 0) is 55.3 Å². The molecule has 0 aliphatic heterocycles. The Hall–Kier alpha value is -2.53. The van der Waals surface area contributed by atoms with Gasteiger partial charge in [0.15, 0.2) is 0 Å². The smallest absolute Gasteiger partial charge is 0.327 e. The van der Waals surface area contributed by atoms with Crippen molar-refractivity contribution in [1.82, 2.24) is 9.55 Å². The summed E-state index contributed by atoms with van der Waals surface area (Å²) >= 11 is 5.71. The van der Waals surface area contributed by atoms with Crippen LogP contribution in [0.3, 0.4) is 0 Å². The topological polar surface area (TPSA) is 17.8 Å². The van der Waals surface area contributed by atoms with E-state index in [-0.39, 0.29) is 11.6 Å². The van der Waals surface area contributed by atoms with Crippen molar-refractivity contribution in [2.45, 2.75) is 26.6 Å². The normalized spacial score (nSPS) is 12.6. The second-order valence-corrected chi connectivity index (χ2v) is 6.91. The number of pyridine rings is 1. The van der Waals surface area contributed by atoms with Crippen molar-refractivity contribution < 1.29 is 13.2 Å². The van der Waals surface area contributed by atoms with Gasteiger partial charge >= 0.3 is 6.18 Å². The van der Waals surface area contributed by atoms with Gasteiger partial charge in [0.05, 0.1) is 10.6 Å². The minimum absolute atomic E-state index is 0.258. The third-order valence-electron chi connectivity index (χ3n) is 4.40. The molecule has 27 heavy (non-hydrogen) atoms. The summed E-state index contributed by atoms with van der Waals surface area (Å²) in [6.45, 7) is 8.09. The number of benzene rings is 1. The van der Waals surface area contributed by atoms with E-state index in [9.17, 15) is 13.2 Å². The molecule has 0 fully saturated rings. The van der Waals surface area contributed by atoms with E-state index in [1.165, 1.54) is 6.07 Å². The molecule has 0 radical (unpaired) electrons. The van der Waals surface area contributed by atoms with Gasteiger partial charge in [-0.25, -0.2) is 4.98 Å². The molecule has 2 nitrogen and oxygen atoms in total. The number of allylic oxidation sites excluding steroid dienone is 2. The first-order chi connectivity index (χ1) is 12.7. The Balaban J connectivity index is 2.06. The molecule has 0 N–H and O–H groups in total. The van der Waals surface area contributed by atoms with Gasteiger partial charge in [-0.2, -0.15) is 13.2 Å². The standard InChI is InChI=1S/C21H18ClF3N2/c1-13(2)14(3)9-16-12-27(20-17(16)5-4-8-26-20)11-15-6-7-19(22)18(10-15)21(23,24)25/h4-10,12H,1,11H2,2-3H3/b14-9+. The van der Waals surface area contributed by atoms with Crippen LogP contribution in [-0.2, 0) is 12.7 Å². The molecule has 0 spiro atoms. The van der Waals surface area contributed by atoms with Crippen molar-refractivity contribution in [2.24, 2.45) is 0 Å². The molecule has 6 heteroatoms. The fourth-order valence-electron chi connectivity index (χ4n) is 2.83. The molecule has 3 aromatic rings. The van der Waals surface area contributed by atoms with Crippen LogP contribution in [0.2, 0.25) is 5.02 Å². The zero-order valence-corrected chi connectivity index (χ0v) is 15.7. The van der Waals surface area contributed by atoms with Gasteiger partial charge in [0.1, 0.15) is 5.65 Å². The number of fused-ring (bicyclic) bond motifs is 1. The number of alkyl halides is 3. The summed E-state index contributed by atoms with van der Waals surface area (Å²) in [7, 11) is 0. The minimum Gasteiger partial charge on any atom is -0.327 e. The summed E-state index contributed by atoms with van der Waals surface area (Å²) in [5, 5.41) is 0.630. The number of hydrogen-bond acceptors (Lipinski definition) is 1. The average molecular weight is 391 g/mol. The summed E-state index contributed by atoms with van der Waals surface area (Å²) in [5.41, 5.74) is 3.31. The lowest BCUT2D eigenvalue weighted by atomic mass is 10.1. The third kappa shape index (κ3) is 4.08. The summed E-state index contributed by atoms with van der Waals surface area (Å²) in [5.74, 6) is 0. The highest BCUT2D eigenvalue weighted by atomic mass is 35.5. The first-order valence-corrected chi connectivity index (χ1v) is 8.68. The molecule has 2 heterocycles. The van der Waals surface area contributed by atoms with Crippen molar-refractivity contribution in [3.8, 4) is 0 Å². The first-order valence-electron chi connectivity index (χ1n) is 8.30. The number of rotatable bonds is 4. The molecule has 0 atom stereocenters. The van der Waals surface area contributed by atoms with E-state index in [0.717, 1.165) is 28.2 Å². The van der Waals surface area contributed by atoms with Crippen molar-refractivity contribution in [3.05, 3.63) is 82.2 Å². The molecule has 0 unspecified atom stereocenters. The molecule has 1 aromatic carbocycles. The van der Waals surface area contributed by atoms with Crippen LogP contribution < -0.4 is 0 Å². The second-order valence-electron chi connectivity index (χ2n) is 6.51. The van der Waals surface area contributed by atoms with Gasteiger partial charge in [-0.1, -0.05) is 29.8 Å². The van der Waals surface area contributed by atoms with Gasteiger partial charge in [0.25, 0.3) is 0 Å². The van der Waals surface area contributed by atoms with E-state index in [2.05, 4.69) is 11.6 Å². The van der Waals surface area contributed by atoms with E-state index in [1.54, 1.807) is 12.3 Å². The zero-order valence-electron chi connectivity index (χ0n) is 14.9. The monoisotopic (exact) mass is 390 g/mol. The quantitative estimate of drug-likeness (QED) is 0.451. The molecule has 0 amide bonds. The Kier molecular flexibility index (Phi) is 5.16. The van der Waals surface area contributed by atoms with Crippen LogP contribution in [0.1, 0.15) is 30.5 Å². The fraction of sp³-hybridized carbons (Fsp3) is 0.190. The van der Waals surface area contributed by atoms with E-state index >= 15 is 0 Å². The lowest BCUT2D eigenvalue weighted by Crippen LogP contribution is -2.08. The lowest BCUT2D eigenvalue weighted by Gasteiger charge is -2.11. The Morgan fingerprint density at radius 1 is 1.26 bits per heavy atom. The molecule has 0 saturated carbocycles. The molecule has 0 saturated heterocycles. The van der Waals surface area contributed by atoms with Crippen LogP contribution in [0.15, 0.2) is 60.5 Å². The van der Waals surface area contributed by atoms with Crippen LogP contribution >= 0.6 is 11.6 Å². The first kappa shape index (κ1) is 19.2. The van der Waals surface area contributed by atoms with Gasteiger partial charge in [0.2, 0.25) is 0 Å². The van der Waals surface area contributed by atoms with Crippen molar-refractivity contribution in [2.75, 3.05) is 0 Å². The zero-order chi connectivity index (χ0) is 19.8. The largest absolute Gasteiger partial charge is 0.417 e. The Bertz CT molecular complexity index is 1050. The number of aromatic nitrogens is 2. The predicted octanol–water partition coefficient (Wildman–Crippen LogP) is 6.74. The maximum Gasteiger partial charge on any atom is 0.417 e. The molecular formula is C21H18ClF3N2. The molecule has 3 rings (SSSR count). The van der Waals surface area contributed by atoms with Crippen LogP contribution in [0.5, 0.6) is 0 Å². The van der Waals surface area contributed by atoms with Crippen LogP contribution in [0.4, 0.5) is 13.2 Å². The lowest BCUT2D eigenvalue weighted by molar-refractivity contribution is -0.137. The number of nitrogens with zero attached hydrogens (tertiary/aromatic N) is 2. The molecule has 2 aromatic heterocycles. The number of hydrogen-bond donors (Lipinski definition) is 0. The summed E-state index contributed by atoms with van der Waals surface area (Å²) in [6, 6.07) is 7.75. The predicted molar refractivity (Wildman–Crippen MR) is 104 cm³/mol. The van der Waals surface area contributed by atoms with Crippen LogP contribution in [0.25, 0.3) is 17.1 Å². The van der Waals surface area contributed by atoms with Crippen molar-refractivity contribution in [3.63, 3.8) is 0 Å². The van der Waals surface area contributed by atoms with Gasteiger partial charge in [0, 0.05) is 29.9 Å². The Labute approximate surface area is 160 Å². The number of halogens is 4. The molecule has 0 bridgehead atoms. The van der Waals surface area contributed by atoms with Gasteiger partial charge in [-0.3, -0.25) is 0 Å². The highest BCUT2D eigenvalue weighted by Crippen LogP contribution is 2.35. The third-order valence-corrected chi connectivity index (χ3v) is 4.73. The van der Waals surface area contributed by atoms with Crippen molar-refractivity contribution in [1.29, 1.82) is 0 Å². The summed E-state index contributed by atoms with van der Waals surface area (Å²) in [4.78, 5) is 4.40. The summed E-state index contributed by atoms with van der Waals surface area (Å²) in [6.07, 6.45) is 1.08.